The maximum Gasteiger partial charge on any atom is 0.274 e. The molecule has 0 radical (unpaired) electrons. The zero-order valence-corrected chi connectivity index (χ0v) is 14.4. The first kappa shape index (κ1) is 15.8. The highest BCUT2D eigenvalue weighted by Gasteiger charge is 2.59. The van der Waals surface area contributed by atoms with Gasteiger partial charge in [-0.15, -0.1) is 0 Å². The molecule has 3 fully saturated rings. The molecular formula is C18H25N3O3. The Bertz CT molecular complexity index is 606. The van der Waals surface area contributed by atoms with Crippen molar-refractivity contribution >= 4 is 5.91 Å². The molecule has 3 aliphatic rings. The van der Waals surface area contributed by atoms with Gasteiger partial charge in [-0.25, -0.2) is 9.97 Å². The lowest BCUT2D eigenvalue weighted by Gasteiger charge is -2.59. The fourth-order valence-corrected chi connectivity index (χ4v) is 4.22. The Labute approximate surface area is 142 Å². The maximum absolute atomic E-state index is 12.9. The van der Waals surface area contributed by atoms with Crippen LogP contribution in [0.2, 0.25) is 0 Å². The van der Waals surface area contributed by atoms with Crippen molar-refractivity contribution in [1.82, 2.24) is 14.9 Å². The molecule has 24 heavy (non-hydrogen) atoms. The minimum Gasteiger partial charge on any atom is -0.474 e. The number of rotatable bonds is 4. The third-order valence-corrected chi connectivity index (χ3v) is 5.47. The van der Waals surface area contributed by atoms with Crippen LogP contribution in [-0.4, -0.2) is 52.7 Å². The van der Waals surface area contributed by atoms with E-state index in [1.165, 1.54) is 12.8 Å². The van der Waals surface area contributed by atoms with E-state index in [-0.39, 0.29) is 17.4 Å². The molecule has 0 aromatic carbocycles. The molecule has 2 aliphatic heterocycles. The number of carbonyl (C=O) groups is 1. The molecule has 1 amide bonds. The Morgan fingerprint density at radius 2 is 2.04 bits per heavy atom. The highest BCUT2D eigenvalue weighted by Crippen LogP contribution is 2.55. The summed E-state index contributed by atoms with van der Waals surface area (Å²) in [5, 5.41) is 0. The smallest absolute Gasteiger partial charge is 0.274 e. The van der Waals surface area contributed by atoms with Crippen molar-refractivity contribution in [3.63, 3.8) is 0 Å². The Kier molecular flexibility index (Phi) is 3.95. The van der Waals surface area contributed by atoms with Crippen molar-refractivity contribution in [2.24, 2.45) is 11.3 Å². The molecule has 0 N–H and O–H groups in total. The Balaban J connectivity index is 1.48. The third-order valence-electron chi connectivity index (χ3n) is 5.47. The molecule has 130 valence electrons. The number of carbonyl (C=O) groups excluding carboxylic acids is 1. The second-order valence-corrected chi connectivity index (χ2v) is 7.60. The van der Waals surface area contributed by atoms with Crippen molar-refractivity contribution in [3.8, 4) is 5.88 Å². The second kappa shape index (κ2) is 5.99. The Morgan fingerprint density at radius 3 is 2.62 bits per heavy atom. The molecule has 1 aromatic rings. The Hall–Kier alpha value is -1.69. The third kappa shape index (κ3) is 2.77. The van der Waals surface area contributed by atoms with E-state index in [4.69, 9.17) is 9.47 Å². The lowest BCUT2D eigenvalue weighted by atomic mass is 9.64. The van der Waals surface area contributed by atoms with Gasteiger partial charge in [0.05, 0.1) is 18.5 Å². The molecule has 1 atom stereocenters. The Morgan fingerprint density at radius 1 is 1.29 bits per heavy atom. The van der Waals surface area contributed by atoms with Gasteiger partial charge in [0.2, 0.25) is 5.88 Å². The monoisotopic (exact) mass is 331 g/mol. The van der Waals surface area contributed by atoms with E-state index in [0.717, 1.165) is 32.6 Å². The van der Waals surface area contributed by atoms with Gasteiger partial charge in [0, 0.05) is 31.2 Å². The number of hydrogen-bond acceptors (Lipinski definition) is 5. The normalized spacial score (nSPS) is 25.6. The topological polar surface area (TPSA) is 64.5 Å². The minimum absolute atomic E-state index is 0.00705. The molecule has 1 aliphatic carbocycles. The van der Waals surface area contributed by atoms with Crippen molar-refractivity contribution in [2.45, 2.75) is 51.7 Å². The average Bonchev–Trinajstić information content (AvgIpc) is 3.37. The predicted octanol–water partition coefficient (Wildman–Crippen LogP) is 2.29. The van der Waals surface area contributed by atoms with Crippen LogP contribution in [0.4, 0.5) is 0 Å². The average molecular weight is 331 g/mol. The molecule has 6 heteroatoms. The van der Waals surface area contributed by atoms with Crippen molar-refractivity contribution in [2.75, 3.05) is 19.8 Å². The molecule has 6 nitrogen and oxygen atoms in total. The molecule has 3 heterocycles. The van der Waals surface area contributed by atoms with E-state index in [1.807, 2.05) is 18.7 Å². The highest BCUT2D eigenvalue weighted by atomic mass is 16.5. The van der Waals surface area contributed by atoms with Gasteiger partial charge in [-0.1, -0.05) is 0 Å². The van der Waals surface area contributed by atoms with E-state index in [0.29, 0.717) is 23.5 Å². The first-order chi connectivity index (χ1) is 11.6. The van der Waals surface area contributed by atoms with Gasteiger partial charge < -0.3 is 14.4 Å². The van der Waals surface area contributed by atoms with E-state index in [9.17, 15) is 4.79 Å². The lowest BCUT2D eigenvalue weighted by molar-refractivity contribution is -0.120. The summed E-state index contributed by atoms with van der Waals surface area (Å²) in [6, 6.07) is 0.363. The number of ether oxygens (including phenoxy) is 2. The maximum atomic E-state index is 12.9. The minimum atomic E-state index is 0.00705. The number of amides is 1. The van der Waals surface area contributed by atoms with E-state index >= 15 is 0 Å². The summed E-state index contributed by atoms with van der Waals surface area (Å²) in [5.74, 6) is 1.13. The van der Waals surface area contributed by atoms with Gasteiger partial charge in [-0.3, -0.25) is 4.79 Å². The van der Waals surface area contributed by atoms with Crippen LogP contribution in [0.5, 0.6) is 5.88 Å². The number of likely N-dealkylation sites (tertiary alicyclic amines) is 1. The number of aromatic nitrogens is 2. The van der Waals surface area contributed by atoms with Crippen LogP contribution in [0.15, 0.2) is 12.4 Å². The van der Waals surface area contributed by atoms with Crippen LogP contribution in [0.25, 0.3) is 0 Å². The van der Waals surface area contributed by atoms with Gasteiger partial charge in [-0.05, 0) is 45.4 Å². The van der Waals surface area contributed by atoms with Crippen molar-refractivity contribution in [3.05, 3.63) is 18.1 Å². The predicted molar refractivity (Wildman–Crippen MR) is 87.8 cm³/mol. The van der Waals surface area contributed by atoms with Gasteiger partial charge >= 0.3 is 0 Å². The first-order valence-corrected chi connectivity index (χ1v) is 8.96. The zero-order chi connectivity index (χ0) is 16.7. The molecule has 4 rings (SSSR count). The van der Waals surface area contributed by atoms with Crippen LogP contribution >= 0.6 is 0 Å². The summed E-state index contributed by atoms with van der Waals surface area (Å²) < 4.78 is 11.0. The summed E-state index contributed by atoms with van der Waals surface area (Å²) in [7, 11) is 0. The molecule has 1 aromatic heterocycles. The molecule has 1 saturated carbocycles. The van der Waals surface area contributed by atoms with E-state index in [2.05, 4.69) is 9.97 Å². The molecule has 2 saturated heterocycles. The van der Waals surface area contributed by atoms with Crippen LogP contribution in [0.1, 0.15) is 50.0 Å². The zero-order valence-electron chi connectivity index (χ0n) is 14.4. The second-order valence-electron chi connectivity index (χ2n) is 7.60. The van der Waals surface area contributed by atoms with Crippen LogP contribution in [0.3, 0.4) is 0 Å². The van der Waals surface area contributed by atoms with Gasteiger partial charge in [0.1, 0.15) is 5.69 Å². The summed E-state index contributed by atoms with van der Waals surface area (Å²) in [6.45, 7) is 6.36. The number of hydrogen-bond donors (Lipinski definition) is 0. The van der Waals surface area contributed by atoms with Crippen molar-refractivity contribution < 1.29 is 14.3 Å². The summed E-state index contributed by atoms with van der Waals surface area (Å²) in [4.78, 5) is 23.4. The van der Waals surface area contributed by atoms with Crippen molar-refractivity contribution in [1.29, 1.82) is 0 Å². The fraction of sp³-hybridized carbons (Fsp3) is 0.722. The molecule has 0 bridgehead atoms. The fourth-order valence-electron chi connectivity index (χ4n) is 4.22. The van der Waals surface area contributed by atoms with Gasteiger partial charge in [0.25, 0.3) is 5.91 Å². The van der Waals surface area contributed by atoms with Crippen LogP contribution < -0.4 is 4.74 Å². The summed E-state index contributed by atoms with van der Waals surface area (Å²) in [6.07, 6.45) is 7.76. The summed E-state index contributed by atoms with van der Waals surface area (Å²) in [5.41, 5.74) is 0.696. The lowest BCUT2D eigenvalue weighted by Crippen LogP contribution is -2.68. The SMILES string of the molecule is CC(C)Oc1cnc(C(=O)N2CC3(CCOCC3)C2C2CC2)cn1. The largest absolute Gasteiger partial charge is 0.474 e. The quantitative estimate of drug-likeness (QED) is 0.847. The van der Waals surface area contributed by atoms with E-state index < -0.39 is 0 Å². The van der Waals surface area contributed by atoms with Crippen LogP contribution in [-0.2, 0) is 4.74 Å². The standard InChI is InChI=1S/C18H25N3O3/c1-12(2)24-15-10-19-14(9-20-15)17(22)21-11-18(5-7-23-8-6-18)16(21)13-3-4-13/h9-10,12-13,16H,3-8,11H2,1-2H3. The summed E-state index contributed by atoms with van der Waals surface area (Å²) >= 11 is 0. The molecule has 1 spiro atoms. The van der Waals surface area contributed by atoms with Gasteiger partial charge in [0.15, 0.2) is 0 Å². The van der Waals surface area contributed by atoms with Crippen LogP contribution in [0, 0.1) is 11.3 Å². The van der Waals surface area contributed by atoms with E-state index in [1.54, 1.807) is 12.4 Å². The number of nitrogens with zero attached hydrogens (tertiary/aromatic N) is 3. The van der Waals surface area contributed by atoms with Gasteiger partial charge in [-0.2, -0.15) is 0 Å². The highest BCUT2D eigenvalue weighted by molar-refractivity contribution is 5.93. The first-order valence-electron chi connectivity index (χ1n) is 8.96. The molecule has 1 unspecified atom stereocenters. The molecular weight excluding hydrogens is 306 g/mol.